The fourth-order valence-electron chi connectivity index (χ4n) is 3.88. The van der Waals surface area contributed by atoms with Crippen molar-refractivity contribution in [3.63, 3.8) is 0 Å². The molecule has 1 aromatic heterocycles. The van der Waals surface area contributed by atoms with Crippen LogP contribution in [-0.4, -0.2) is 24.9 Å². The Hall–Kier alpha value is -2.93. The lowest BCUT2D eigenvalue weighted by Crippen LogP contribution is -2.33. The lowest BCUT2D eigenvalue weighted by atomic mass is 9.97. The van der Waals surface area contributed by atoms with Crippen LogP contribution < -0.4 is 14.2 Å². The molecule has 3 aromatic rings. The minimum absolute atomic E-state index is 0.0504. The smallest absolute Gasteiger partial charge is 0.214 e. The molecule has 0 saturated heterocycles. The molecule has 2 aromatic carbocycles. The summed E-state index contributed by atoms with van der Waals surface area (Å²) in [5.74, 6) is 2.96. The summed E-state index contributed by atoms with van der Waals surface area (Å²) in [6.07, 6.45) is 2.02. The summed E-state index contributed by atoms with van der Waals surface area (Å²) in [5.41, 5.74) is 2.94. The van der Waals surface area contributed by atoms with Crippen molar-refractivity contribution in [2.75, 3.05) is 14.2 Å². The van der Waals surface area contributed by atoms with Gasteiger partial charge in [0.2, 0.25) is 6.23 Å². The van der Waals surface area contributed by atoms with Gasteiger partial charge in [-0.15, -0.1) is 0 Å². The van der Waals surface area contributed by atoms with Crippen molar-refractivity contribution in [2.45, 2.75) is 18.7 Å². The number of benzene rings is 2. The predicted octanol–water partition coefficient (Wildman–Crippen LogP) is 5.30. The molecule has 6 nitrogen and oxygen atoms in total. The number of rotatable bonds is 4. The molecule has 7 heteroatoms. The maximum atomic E-state index is 6.40. The summed E-state index contributed by atoms with van der Waals surface area (Å²) in [7, 11) is 3.25. The highest BCUT2D eigenvalue weighted by atomic mass is 79.9. The third-order valence-corrected chi connectivity index (χ3v) is 5.74. The van der Waals surface area contributed by atoms with E-state index < -0.39 is 0 Å². The van der Waals surface area contributed by atoms with E-state index in [1.165, 1.54) is 0 Å². The molecule has 0 spiro atoms. The van der Waals surface area contributed by atoms with E-state index in [0.717, 1.165) is 39.2 Å². The molecule has 0 bridgehead atoms. The third-order valence-electron chi connectivity index (χ3n) is 5.25. The fraction of sp³-hybridized carbons (Fsp3) is 0.227. The molecular formula is C22H19BrN2O4. The standard InChI is InChI=1S/C22H19BrN2O4/c1-26-20-7-5-13(10-21(20)27-2)22-25-17(12-16(24-25)19-4-3-9-28-19)15-11-14(23)6-8-18(15)29-22/h3-11,17,22H,12H2,1-2H3/t17-,22-/m1/s1. The molecule has 0 N–H and O–H groups in total. The molecular weight excluding hydrogens is 436 g/mol. The van der Waals surface area contributed by atoms with Crippen molar-refractivity contribution < 1.29 is 18.6 Å². The molecule has 2 aliphatic heterocycles. The van der Waals surface area contributed by atoms with Gasteiger partial charge in [-0.1, -0.05) is 15.9 Å². The number of methoxy groups -OCH3 is 2. The average molecular weight is 455 g/mol. The molecule has 2 aliphatic rings. The van der Waals surface area contributed by atoms with Gasteiger partial charge >= 0.3 is 0 Å². The van der Waals surface area contributed by atoms with E-state index in [2.05, 4.69) is 22.0 Å². The first-order valence-corrected chi connectivity index (χ1v) is 10.0. The Balaban J connectivity index is 1.60. The van der Waals surface area contributed by atoms with Gasteiger partial charge in [-0.2, -0.15) is 5.10 Å². The summed E-state index contributed by atoms with van der Waals surface area (Å²) in [6.45, 7) is 0. The number of halogens is 1. The van der Waals surface area contributed by atoms with Crippen molar-refractivity contribution in [2.24, 2.45) is 5.10 Å². The van der Waals surface area contributed by atoms with Crippen LogP contribution in [0.2, 0.25) is 0 Å². The number of hydrogen-bond donors (Lipinski definition) is 0. The summed E-state index contributed by atoms with van der Waals surface area (Å²) in [4.78, 5) is 0. The highest BCUT2D eigenvalue weighted by Crippen LogP contribution is 2.48. The first kappa shape index (κ1) is 18.1. The quantitative estimate of drug-likeness (QED) is 0.535. The number of fused-ring (bicyclic) bond motifs is 3. The van der Waals surface area contributed by atoms with E-state index in [1.54, 1.807) is 20.5 Å². The first-order valence-electron chi connectivity index (χ1n) is 9.25. The second kappa shape index (κ2) is 7.15. The summed E-state index contributed by atoms with van der Waals surface area (Å²) < 4.78 is 23.9. The molecule has 0 fully saturated rings. The second-order valence-corrected chi connectivity index (χ2v) is 7.81. The van der Waals surface area contributed by atoms with Gasteiger partial charge in [0, 0.05) is 22.0 Å². The Bertz CT molecular complexity index is 1080. The van der Waals surface area contributed by atoms with E-state index in [4.69, 9.17) is 23.7 Å². The van der Waals surface area contributed by atoms with Gasteiger partial charge in [-0.3, -0.25) is 0 Å². The van der Waals surface area contributed by atoms with Crippen molar-refractivity contribution in [3.8, 4) is 17.2 Å². The molecule has 0 saturated carbocycles. The summed E-state index contributed by atoms with van der Waals surface area (Å²) >= 11 is 3.58. The van der Waals surface area contributed by atoms with Gasteiger partial charge in [-0.25, -0.2) is 5.01 Å². The van der Waals surface area contributed by atoms with Crippen molar-refractivity contribution in [1.82, 2.24) is 5.01 Å². The Labute approximate surface area is 176 Å². The third kappa shape index (κ3) is 3.06. The fourth-order valence-corrected chi connectivity index (χ4v) is 4.25. The minimum Gasteiger partial charge on any atom is -0.493 e. The van der Waals surface area contributed by atoms with E-state index in [-0.39, 0.29) is 12.3 Å². The van der Waals surface area contributed by atoms with E-state index in [0.29, 0.717) is 11.5 Å². The van der Waals surface area contributed by atoms with Gasteiger partial charge < -0.3 is 18.6 Å². The maximum absolute atomic E-state index is 6.40. The minimum atomic E-state index is -0.388. The van der Waals surface area contributed by atoms with Crippen LogP contribution in [0.1, 0.15) is 35.6 Å². The van der Waals surface area contributed by atoms with Crippen LogP contribution in [-0.2, 0) is 0 Å². The SMILES string of the molecule is COc1ccc([C@H]2Oc3ccc(Br)cc3[C@H]3CC(c4ccco4)=NN32)cc1OC. The normalized spacial score (nSPS) is 19.8. The van der Waals surface area contributed by atoms with Crippen LogP contribution >= 0.6 is 15.9 Å². The summed E-state index contributed by atoms with van der Waals surface area (Å²) in [5, 5.41) is 6.89. The number of nitrogens with zero attached hydrogens (tertiary/aromatic N) is 2. The zero-order chi connectivity index (χ0) is 20.0. The highest BCUT2D eigenvalue weighted by molar-refractivity contribution is 9.10. The lowest BCUT2D eigenvalue weighted by Gasteiger charge is -2.38. The maximum Gasteiger partial charge on any atom is 0.214 e. The van der Waals surface area contributed by atoms with Crippen LogP contribution in [0.25, 0.3) is 0 Å². The van der Waals surface area contributed by atoms with E-state index in [1.807, 2.05) is 47.5 Å². The van der Waals surface area contributed by atoms with Crippen LogP contribution in [0, 0.1) is 0 Å². The van der Waals surface area contributed by atoms with Crippen molar-refractivity contribution >= 4 is 21.6 Å². The number of hydrazone groups is 1. The second-order valence-electron chi connectivity index (χ2n) is 6.89. The first-order chi connectivity index (χ1) is 14.2. The number of furan rings is 1. The molecule has 2 atom stereocenters. The van der Waals surface area contributed by atoms with E-state index >= 15 is 0 Å². The molecule has 0 aliphatic carbocycles. The van der Waals surface area contributed by atoms with Crippen LogP contribution in [0.15, 0.2) is 68.8 Å². The Kier molecular flexibility index (Phi) is 4.47. The molecule has 0 amide bonds. The molecule has 5 rings (SSSR count). The van der Waals surface area contributed by atoms with Crippen molar-refractivity contribution in [1.29, 1.82) is 0 Å². The lowest BCUT2D eigenvalue weighted by molar-refractivity contribution is -0.0192. The number of hydrogen-bond acceptors (Lipinski definition) is 6. The Morgan fingerprint density at radius 3 is 2.69 bits per heavy atom. The molecule has 3 heterocycles. The zero-order valence-electron chi connectivity index (χ0n) is 16.0. The highest BCUT2D eigenvalue weighted by Gasteiger charge is 2.41. The van der Waals surface area contributed by atoms with Gasteiger partial charge in [0.1, 0.15) is 17.2 Å². The Morgan fingerprint density at radius 1 is 1.07 bits per heavy atom. The van der Waals surface area contributed by atoms with Crippen LogP contribution in [0.3, 0.4) is 0 Å². The zero-order valence-corrected chi connectivity index (χ0v) is 17.5. The number of ether oxygens (including phenoxy) is 3. The molecule has 0 radical (unpaired) electrons. The largest absolute Gasteiger partial charge is 0.493 e. The molecule has 29 heavy (non-hydrogen) atoms. The predicted molar refractivity (Wildman–Crippen MR) is 111 cm³/mol. The molecule has 148 valence electrons. The van der Waals surface area contributed by atoms with Crippen molar-refractivity contribution in [3.05, 3.63) is 76.2 Å². The van der Waals surface area contributed by atoms with Gasteiger partial charge in [-0.05, 0) is 48.5 Å². The van der Waals surface area contributed by atoms with E-state index in [9.17, 15) is 0 Å². The van der Waals surface area contributed by atoms with Crippen LogP contribution in [0.4, 0.5) is 0 Å². The van der Waals surface area contributed by atoms with Gasteiger partial charge in [0.05, 0.1) is 26.5 Å². The molecule has 0 unspecified atom stereocenters. The van der Waals surface area contributed by atoms with Gasteiger partial charge in [0.25, 0.3) is 0 Å². The topological polar surface area (TPSA) is 56.4 Å². The summed E-state index contributed by atoms with van der Waals surface area (Å²) in [6, 6.07) is 15.7. The Morgan fingerprint density at radius 2 is 1.93 bits per heavy atom. The van der Waals surface area contributed by atoms with Crippen LogP contribution in [0.5, 0.6) is 17.2 Å². The monoisotopic (exact) mass is 454 g/mol. The average Bonchev–Trinajstić information content (AvgIpc) is 3.42. The van der Waals surface area contributed by atoms with Gasteiger partial charge in [0.15, 0.2) is 11.5 Å².